The first-order valence-corrected chi connectivity index (χ1v) is 3.86. The molecular formula is C9H6F5O. The Morgan fingerprint density at radius 1 is 1.07 bits per heavy atom. The number of benzene rings is 1. The van der Waals surface area contributed by atoms with Crippen LogP contribution in [0.5, 0.6) is 5.75 Å². The van der Waals surface area contributed by atoms with Crippen molar-refractivity contribution in [2.24, 2.45) is 0 Å². The van der Waals surface area contributed by atoms with Crippen molar-refractivity contribution in [3.05, 3.63) is 30.3 Å². The van der Waals surface area contributed by atoms with E-state index in [4.69, 9.17) is 0 Å². The molecule has 0 fully saturated rings. The number of hydrogen-bond acceptors (Lipinski definition) is 1. The molecule has 1 nitrogen and oxygen atoms in total. The van der Waals surface area contributed by atoms with Crippen LogP contribution in [0.3, 0.4) is 0 Å². The van der Waals surface area contributed by atoms with Crippen molar-refractivity contribution in [2.45, 2.75) is 12.1 Å². The van der Waals surface area contributed by atoms with Gasteiger partial charge in [0.15, 0.2) is 6.61 Å². The summed E-state index contributed by atoms with van der Waals surface area (Å²) in [5.41, 5.74) is 0. The van der Waals surface area contributed by atoms with E-state index >= 15 is 0 Å². The molecule has 0 heterocycles. The molecule has 0 saturated carbocycles. The van der Waals surface area contributed by atoms with E-state index in [1.165, 1.54) is 24.3 Å². The first-order chi connectivity index (χ1) is 6.83. The highest BCUT2D eigenvalue weighted by atomic mass is 19.4. The van der Waals surface area contributed by atoms with Gasteiger partial charge in [-0.2, -0.15) is 22.0 Å². The largest absolute Gasteiger partial charge is 0.487 e. The average molecular weight is 225 g/mol. The minimum Gasteiger partial charge on any atom is -0.487 e. The lowest BCUT2D eigenvalue weighted by molar-refractivity contribution is -0.290. The Morgan fingerprint density at radius 3 is 2.07 bits per heavy atom. The van der Waals surface area contributed by atoms with E-state index in [2.05, 4.69) is 10.8 Å². The highest BCUT2D eigenvalue weighted by molar-refractivity contribution is 5.20. The van der Waals surface area contributed by atoms with E-state index in [0.29, 0.717) is 0 Å². The Labute approximate surface area is 82.5 Å². The van der Waals surface area contributed by atoms with Crippen LogP contribution in [-0.4, -0.2) is 18.7 Å². The van der Waals surface area contributed by atoms with Crippen LogP contribution in [0.1, 0.15) is 0 Å². The lowest BCUT2D eigenvalue weighted by Crippen LogP contribution is -2.41. The van der Waals surface area contributed by atoms with E-state index in [-0.39, 0.29) is 5.75 Å². The molecule has 1 radical (unpaired) electrons. The van der Waals surface area contributed by atoms with Crippen LogP contribution in [0.2, 0.25) is 0 Å². The van der Waals surface area contributed by atoms with Gasteiger partial charge in [0.1, 0.15) is 5.75 Å². The summed E-state index contributed by atoms with van der Waals surface area (Å²) in [5, 5.41) is 0. The van der Waals surface area contributed by atoms with Crippen LogP contribution < -0.4 is 4.74 Å². The van der Waals surface area contributed by atoms with Crippen LogP contribution >= 0.6 is 0 Å². The van der Waals surface area contributed by atoms with Crippen molar-refractivity contribution in [1.29, 1.82) is 0 Å². The Bertz CT molecular complexity index is 306. The zero-order chi connectivity index (χ0) is 11.5. The van der Waals surface area contributed by atoms with E-state index in [9.17, 15) is 22.0 Å². The predicted octanol–water partition coefficient (Wildman–Crippen LogP) is 3.06. The van der Waals surface area contributed by atoms with Gasteiger partial charge in [-0.25, -0.2) is 0 Å². The molecule has 0 spiro atoms. The highest BCUT2D eigenvalue weighted by Gasteiger charge is 2.58. The van der Waals surface area contributed by atoms with Crippen molar-refractivity contribution >= 4 is 0 Å². The van der Waals surface area contributed by atoms with Crippen LogP contribution in [0, 0.1) is 6.07 Å². The Kier molecular flexibility index (Phi) is 3.16. The summed E-state index contributed by atoms with van der Waals surface area (Å²) in [6.07, 6.45) is -5.59. The van der Waals surface area contributed by atoms with Crippen molar-refractivity contribution < 1.29 is 26.7 Å². The van der Waals surface area contributed by atoms with Gasteiger partial charge in [0.2, 0.25) is 0 Å². The third-order valence-electron chi connectivity index (χ3n) is 1.52. The van der Waals surface area contributed by atoms with Gasteiger partial charge in [-0.15, -0.1) is 0 Å². The minimum absolute atomic E-state index is 0.0577. The maximum atomic E-state index is 12.4. The standard InChI is InChI=1S/C9H6F5O/c10-8(11,9(12,13)14)6-15-7-4-2-1-3-5-7/h2-5H,6H2. The van der Waals surface area contributed by atoms with Crippen molar-refractivity contribution in [2.75, 3.05) is 6.61 Å². The van der Waals surface area contributed by atoms with Gasteiger partial charge in [-0.1, -0.05) is 12.1 Å². The third kappa shape index (κ3) is 3.07. The van der Waals surface area contributed by atoms with E-state index < -0.39 is 18.7 Å². The molecule has 0 aliphatic heterocycles. The van der Waals surface area contributed by atoms with Crippen LogP contribution in [0.4, 0.5) is 22.0 Å². The molecule has 0 bridgehead atoms. The fraction of sp³-hybridized carbons (Fsp3) is 0.333. The molecule has 0 amide bonds. The van der Waals surface area contributed by atoms with Gasteiger partial charge in [0, 0.05) is 0 Å². The third-order valence-corrected chi connectivity index (χ3v) is 1.52. The van der Waals surface area contributed by atoms with Crippen LogP contribution in [0.15, 0.2) is 24.3 Å². The zero-order valence-corrected chi connectivity index (χ0v) is 7.31. The molecule has 83 valence electrons. The van der Waals surface area contributed by atoms with Crippen molar-refractivity contribution in [3.63, 3.8) is 0 Å². The van der Waals surface area contributed by atoms with Gasteiger partial charge >= 0.3 is 12.1 Å². The number of alkyl halides is 5. The van der Waals surface area contributed by atoms with Crippen LogP contribution in [-0.2, 0) is 0 Å². The maximum absolute atomic E-state index is 12.4. The Morgan fingerprint density at radius 2 is 1.60 bits per heavy atom. The molecule has 0 unspecified atom stereocenters. The van der Waals surface area contributed by atoms with E-state index in [1.807, 2.05) is 0 Å². The normalized spacial score (nSPS) is 12.6. The molecule has 0 aliphatic rings. The second-order valence-electron chi connectivity index (χ2n) is 2.73. The van der Waals surface area contributed by atoms with Gasteiger partial charge in [-0.05, 0) is 18.2 Å². The fourth-order valence-electron chi connectivity index (χ4n) is 0.724. The maximum Gasteiger partial charge on any atom is 0.456 e. The summed E-state index contributed by atoms with van der Waals surface area (Å²) < 4.78 is 64.1. The molecule has 1 aromatic carbocycles. The monoisotopic (exact) mass is 225 g/mol. The van der Waals surface area contributed by atoms with E-state index in [0.717, 1.165) is 0 Å². The van der Waals surface area contributed by atoms with Gasteiger partial charge in [0.25, 0.3) is 0 Å². The predicted molar refractivity (Wildman–Crippen MR) is 41.8 cm³/mol. The van der Waals surface area contributed by atoms with Crippen molar-refractivity contribution in [1.82, 2.24) is 0 Å². The van der Waals surface area contributed by atoms with Gasteiger partial charge < -0.3 is 4.74 Å². The number of rotatable bonds is 3. The molecular weight excluding hydrogens is 219 g/mol. The summed E-state index contributed by atoms with van der Waals surface area (Å²) in [7, 11) is 0. The number of hydrogen-bond donors (Lipinski definition) is 0. The molecule has 0 aromatic heterocycles. The SMILES string of the molecule is FC(F)(F)C(F)(F)COc1cc[c]cc1. The molecule has 1 rings (SSSR count). The van der Waals surface area contributed by atoms with Crippen LogP contribution in [0.25, 0.3) is 0 Å². The minimum atomic E-state index is -5.59. The van der Waals surface area contributed by atoms with Gasteiger partial charge in [-0.3, -0.25) is 0 Å². The Balaban J connectivity index is 2.58. The molecule has 0 saturated heterocycles. The number of halogens is 5. The average Bonchev–Trinajstić information content (AvgIpc) is 2.15. The fourth-order valence-corrected chi connectivity index (χ4v) is 0.724. The van der Waals surface area contributed by atoms with E-state index in [1.54, 1.807) is 0 Å². The Hall–Kier alpha value is -1.33. The first kappa shape index (κ1) is 11.7. The molecule has 1 aromatic rings. The van der Waals surface area contributed by atoms with Crippen molar-refractivity contribution in [3.8, 4) is 5.75 Å². The zero-order valence-electron chi connectivity index (χ0n) is 7.31. The summed E-state index contributed by atoms with van der Waals surface area (Å²) >= 11 is 0. The topological polar surface area (TPSA) is 9.23 Å². The summed E-state index contributed by atoms with van der Waals surface area (Å²) in [6.45, 7) is -1.72. The lowest BCUT2D eigenvalue weighted by atomic mass is 10.3. The number of ether oxygens (including phenoxy) is 1. The molecule has 15 heavy (non-hydrogen) atoms. The molecule has 6 heteroatoms. The molecule has 0 atom stereocenters. The van der Waals surface area contributed by atoms with Gasteiger partial charge in [0.05, 0.1) is 0 Å². The summed E-state index contributed by atoms with van der Waals surface area (Å²) in [5.74, 6) is -4.90. The quantitative estimate of drug-likeness (QED) is 0.718. The summed E-state index contributed by atoms with van der Waals surface area (Å²) in [4.78, 5) is 0. The highest BCUT2D eigenvalue weighted by Crippen LogP contribution is 2.35. The smallest absolute Gasteiger partial charge is 0.456 e. The first-order valence-electron chi connectivity index (χ1n) is 3.86. The second kappa shape index (κ2) is 4.04. The lowest BCUT2D eigenvalue weighted by Gasteiger charge is -2.19. The second-order valence-corrected chi connectivity index (χ2v) is 2.73. The molecule has 0 N–H and O–H groups in total. The molecule has 0 aliphatic carbocycles. The summed E-state index contributed by atoms with van der Waals surface area (Å²) in [6, 6.07) is 7.75.